The lowest BCUT2D eigenvalue weighted by atomic mass is 9.82. The maximum absolute atomic E-state index is 12.5. The van der Waals surface area contributed by atoms with E-state index < -0.39 is 48.1 Å². The molecule has 0 aromatic rings. The van der Waals surface area contributed by atoms with Gasteiger partial charge in [0.2, 0.25) is 11.8 Å². The molecule has 140 valence electrons. The number of carbonyl (C=O) groups excluding carboxylic acids is 3. The summed E-state index contributed by atoms with van der Waals surface area (Å²) in [5.74, 6) is -2.72. The molecular weight excluding hydrogens is 343 g/mol. The highest BCUT2D eigenvalue weighted by molar-refractivity contribution is 5.87. The molecule has 3 unspecified atom stereocenters. The topological polar surface area (TPSA) is 111 Å². The minimum atomic E-state index is -4.90. The van der Waals surface area contributed by atoms with Gasteiger partial charge >= 0.3 is 6.36 Å². The Hall–Kier alpha value is -1.68. The summed E-state index contributed by atoms with van der Waals surface area (Å²) < 4.78 is 40.5. The first kappa shape index (κ1) is 18.1. The molecule has 7 nitrogen and oxygen atoms in total. The summed E-state index contributed by atoms with van der Waals surface area (Å²) in [6.45, 7) is -0.614. The van der Waals surface area contributed by atoms with Gasteiger partial charge in [0.05, 0.1) is 6.04 Å². The summed E-state index contributed by atoms with van der Waals surface area (Å²) in [5.41, 5.74) is 4.54. The van der Waals surface area contributed by atoms with E-state index >= 15 is 0 Å². The number of amides is 2. The van der Waals surface area contributed by atoms with Crippen molar-refractivity contribution < 1.29 is 32.3 Å². The fourth-order valence-corrected chi connectivity index (χ4v) is 4.24. The average molecular weight is 363 g/mol. The van der Waals surface area contributed by atoms with Gasteiger partial charge < -0.3 is 11.1 Å². The van der Waals surface area contributed by atoms with Crippen LogP contribution in [0.5, 0.6) is 0 Å². The van der Waals surface area contributed by atoms with E-state index in [0.717, 1.165) is 0 Å². The fourth-order valence-electron chi connectivity index (χ4n) is 4.24. The predicted octanol–water partition coefficient (Wildman–Crippen LogP) is -0.160. The van der Waals surface area contributed by atoms with Crippen LogP contribution in [0.1, 0.15) is 25.7 Å². The van der Waals surface area contributed by atoms with Gasteiger partial charge in [-0.25, -0.2) is 0 Å². The Morgan fingerprint density at radius 3 is 2.64 bits per heavy atom. The average Bonchev–Trinajstić information content (AvgIpc) is 2.86. The van der Waals surface area contributed by atoms with Crippen molar-refractivity contribution in [2.24, 2.45) is 23.5 Å². The van der Waals surface area contributed by atoms with Crippen molar-refractivity contribution in [1.82, 2.24) is 10.6 Å². The van der Waals surface area contributed by atoms with E-state index in [4.69, 9.17) is 5.73 Å². The minimum Gasteiger partial charge on any atom is -0.368 e. The van der Waals surface area contributed by atoms with Gasteiger partial charge in [0.15, 0.2) is 5.78 Å². The first-order valence-corrected chi connectivity index (χ1v) is 8.20. The van der Waals surface area contributed by atoms with E-state index in [0.29, 0.717) is 25.8 Å². The highest BCUT2D eigenvalue weighted by Crippen LogP contribution is 2.58. The predicted molar refractivity (Wildman–Crippen MR) is 77.8 cm³/mol. The van der Waals surface area contributed by atoms with Crippen LogP contribution in [-0.2, 0) is 19.1 Å². The van der Waals surface area contributed by atoms with E-state index in [9.17, 15) is 27.6 Å². The number of halogens is 3. The molecule has 0 spiro atoms. The van der Waals surface area contributed by atoms with E-state index in [1.165, 1.54) is 0 Å². The Labute approximate surface area is 141 Å². The Morgan fingerprint density at radius 2 is 2.12 bits per heavy atom. The smallest absolute Gasteiger partial charge is 0.368 e. The van der Waals surface area contributed by atoms with Crippen LogP contribution in [0.4, 0.5) is 13.2 Å². The van der Waals surface area contributed by atoms with Gasteiger partial charge in [0.1, 0.15) is 6.61 Å². The number of nitrogens with two attached hydrogens (primary N) is 1. The molecule has 2 heterocycles. The lowest BCUT2D eigenvalue weighted by Gasteiger charge is -2.28. The van der Waals surface area contributed by atoms with Crippen LogP contribution >= 0.6 is 0 Å². The fraction of sp³-hybridized carbons (Fsp3) is 0.800. The van der Waals surface area contributed by atoms with Gasteiger partial charge in [0, 0.05) is 23.9 Å². The molecule has 1 saturated carbocycles. The zero-order valence-electron chi connectivity index (χ0n) is 13.4. The van der Waals surface area contributed by atoms with Crippen molar-refractivity contribution in [3.05, 3.63) is 0 Å². The van der Waals surface area contributed by atoms with Crippen LogP contribution in [-0.4, -0.2) is 48.7 Å². The quantitative estimate of drug-likeness (QED) is 0.582. The number of ketones is 1. The first-order chi connectivity index (χ1) is 11.6. The SMILES string of the molecule is NC(=O)C1CC2CC2([C@H](C[C@H]2CCNC2=O)C(=O)COC(F)(F)F)N1. The number of primary amides is 1. The number of Topliss-reactive ketones (excluding diaryl/α,β-unsaturated/α-hetero) is 1. The van der Waals surface area contributed by atoms with E-state index in [1.807, 2.05) is 0 Å². The molecule has 2 aliphatic heterocycles. The number of carbonyl (C=O) groups is 3. The summed E-state index contributed by atoms with van der Waals surface area (Å²) in [6, 6.07) is -0.602. The molecule has 0 aromatic carbocycles. The van der Waals surface area contributed by atoms with E-state index in [2.05, 4.69) is 15.4 Å². The van der Waals surface area contributed by atoms with Crippen molar-refractivity contribution in [1.29, 1.82) is 0 Å². The highest BCUT2D eigenvalue weighted by Gasteiger charge is 2.66. The van der Waals surface area contributed by atoms with Gasteiger partial charge in [-0.3, -0.25) is 24.4 Å². The molecular formula is C15H20F3N3O4. The summed E-state index contributed by atoms with van der Waals surface area (Å²) in [6.07, 6.45) is -3.20. The first-order valence-electron chi connectivity index (χ1n) is 8.20. The van der Waals surface area contributed by atoms with Crippen molar-refractivity contribution >= 4 is 17.6 Å². The highest BCUT2D eigenvalue weighted by atomic mass is 19.4. The Bertz CT molecular complexity index is 597. The molecule has 3 rings (SSSR count). The van der Waals surface area contributed by atoms with E-state index in [-0.39, 0.29) is 18.2 Å². The third-order valence-corrected chi connectivity index (χ3v) is 5.53. The number of alkyl halides is 3. The second-order valence-electron chi connectivity index (χ2n) is 7.04. The van der Waals surface area contributed by atoms with Gasteiger partial charge in [-0.2, -0.15) is 0 Å². The Balaban J connectivity index is 1.74. The number of piperidine rings is 1. The molecule has 4 N–H and O–H groups in total. The van der Waals surface area contributed by atoms with Crippen molar-refractivity contribution in [3.8, 4) is 0 Å². The van der Waals surface area contributed by atoms with Crippen molar-refractivity contribution in [3.63, 3.8) is 0 Å². The van der Waals surface area contributed by atoms with Gasteiger partial charge in [0.25, 0.3) is 0 Å². The van der Waals surface area contributed by atoms with Crippen molar-refractivity contribution in [2.45, 2.75) is 43.6 Å². The molecule has 0 aromatic heterocycles. The summed E-state index contributed by atoms with van der Waals surface area (Å²) >= 11 is 0. The number of ether oxygens (including phenoxy) is 1. The summed E-state index contributed by atoms with van der Waals surface area (Å²) in [7, 11) is 0. The molecule has 2 saturated heterocycles. The molecule has 25 heavy (non-hydrogen) atoms. The van der Waals surface area contributed by atoms with Gasteiger partial charge in [-0.05, 0) is 31.6 Å². The lowest BCUT2D eigenvalue weighted by Crippen LogP contribution is -2.50. The van der Waals surface area contributed by atoms with Crippen LogP contribution in [0, 0.1) is 17.8 Å². The molecule has 0 radical (unpaired) electrons. The van der Waals surface area contributed by atoms with Crippen LogP contribution in [0.3, 0.4) is 0 Å². The Kier molecular flexibility index (Phi) is 4.52. The minimum absolute atomic E-state index is 0.00528. The second kappa shape index (κ2) is 6.24. The number of rotatable bonds is 7. The van der Waals surface area contributed by atoms with Crippen LogP contribution in [0.15, 0.2) is 0 Å². The summed E-state index contributed by atoms with van der Waals surface area (Å²) in [5, 5.41) is 5.70. The molecule has 2 amide bonds. The third kappa shape index (κ3) is 3.64. The molecule has 0 bridgehead atoms. The number of hydrogen-bond donors (Lipinski definition) is 3. The van der Waals surface area contributed by atoms with Crippen LogP contribution < -0.4 is 16.4 Å². The Morgan fingerprint density at radius 1 is 1.40 bits per heavy atom. The monoisotopic (exact) mass is 363 g/mol. The standard InChI is InChI=1S/C15H20F3N3O4/c16-15(17,18)25-6-11(22)9(3-7-1-2-20-13(7)24)14-5-8(14)4-10(21-14)12(19)23/h7-10,21H,1-6H2,(H2,19,23)(H,20,24)/t7-,8?,9-,10?,14?/m1/s1. The zero-order valence-corrected chi connectivity index (χ0v) is 13.4. The lowest BCUT2D eigenvalue weighted by molar-refractivity contribution is -0.321. The molecule has 3 aliphatic rings. The largest absolute Gasteiger partial charge is 0.522 e. The van der Waals surface area contributed by atoms with Crippen LogP contribution in [0.25, 0.3) is 0 Å². The summed E-state index contributed by atoms with van der Waals surface area (Å²) in [4.78, 5) is 35.7. The third-order valence-electron chi connectivity index (χ3n) is 5.53. The maximum atomic E-state index is 12.5. The number of nitrogens with one attached hydrogen (secondary N) is 2. The number of fused-ring (bicyclic) bond motifs is 1. The normalized spacial score (nSPS) is 35.2. The zero-order chi connectivity index (χ0) is 18.4. The second-order valence-corrected chi connectivity index (χ2v) is 7.04. The van der Waals surface area contributed by atoms with Crippen LogP contribution in [0.2, 0.25) is 0 Å². The van der Waals surface area contributed by atoms with Crippen molar-refractivity contribution in [2.75, 3.05) is 13.2 Å². The molecule has 10 heteroatoms. The van der Waals surface area contributed by atoms with Gasteiger partial charge in [-0.1, -0.05) is 0 Å². The van der Waals surface area contributed by atoms with E-state index in [1.54, 1.807) is 0 Å². The maximum Gasteiger partial charge on any atom is 0.522 e. The molecule has 1 aliphatic carbocycles. The van der Waals surface area contributed by atoms with Gasteiger partial charge in [-0.15, -0.1) is 13.2 Å². The molecule has 3 fully saturated rings. The number of hydrogen-bond acceptors (Lipinski definition) is 5. The molecule has 5 atom stereocenters.